The van der Waals surface area contributed by atoms with Gasteiger partial charge >= 0.3 is 0 Å². The normalized spacial score (nSPS) is 34.8. The number of nitrogens with one attached hydrogen (secondary N) is 1. The Balaban J connectivity index is 2.41. The maximum absolute atomic E-state index is 14.8. The summed E-state index contributed by atoms with van der Waals surface area (Å²) in [7, 11) is 4.03. The largest absolute Gasteiger partial charge is 0.383 e. The van der Waals surface area contributed by atoms with Gasteiger partial charge in [0, 0.05) is 6.54 Å². The van der Waals surface area contributed by atoms with E-state index in [0.29, 0.717) is 12.2 Å². The van der Waals surface area contributed by atoms with Gasteiger partial charge in [-0.2, -0.15) is 0 Å². The SMILES string of the molecule is CC1/C(F)=C(/CF)C/C=C2\C(=C/1F)NCCCC2CCN(C)C. The van der Waals surface area contributed by atoms with Crippen molar-refractivity contribution in [1.82, 2.24) is 10.2 Å². The summed E-state index contributed by atoms with van der Waals surface area (Å²) < 4.78 is 42.2. The molecule has 0 aromatic rings. The van der Waals surface area contributed by atoms with Crippen LogP contribution in [0.4, 0.5) is 13.2 Å². The van der Waals surface area contributed by atoms with E-state index in [1.54, 1.807) is 0 Å². The van der Waals surface area contributed by atoms with E-state index in [1.807, 2.05) is 20.2 Å². The van der Waals surface area contributed by atoms with E-state index >= 15 is 0 Å². The summed E-state index contributed by atoms with van der Waals surface area (Å²) in [6, 6.07) is 0. The predicted molar refractivity (Wildman–Crippen MR) is 88.0 cm³/mol. The Morgan fingerprint density at radius 2 is 2.00 bits per heavy atom. The molecule has 2 unspecified atom stereocenters. The van der Waals surface area contributed by atoms with Crippen LogP contribution in [0, 0.1) is 11.8 Å². The maximum atomic E-state index is 14.8. The molecule has 1 N–H and O–H groups in total. The molecular weight excluding hydrogens is 301 g/mol. The highest BCUT2D eigenvalue weighted by Gasteiger charge is 2.30. The zero-order valence-corrected chi connectivity index (χ0v) is 14.3. The molecule has 130 valence electrons. The molecule has 23 heavy (non-hydrogen) atoms. The molecule has 2 rings (SSSR count). The number of allylic oxidation sites excluding steroid dienone is 5. The van der Waals surface area contributed by atoms with Gasteiger partial charge in [-0.05, 0) is 70.3 Å². The summed E-state index contributed by atoms with van der Waals surface area (Å²) in [5, 5.41) is 3.14. The molecule has 0 aromatic carbocycles. The molecule has 0 aromatic heterocycles. The van der Waals surface area contributed by atoms with Crippen molar-refractivity contribution in [2.45, 2.75) is 32.6 Å². The van der Waals surface area contributed by atoms with Crippen LogP contribution in [0.5, 0.6) is 0 Å². The van der Waals surface area contributed by atoms with E-state index in [0.717, 1.165) is 31.4 Å². The van der Waals surface area contributed by atoms with E-state index < -0.39 is 24.2 Å². The fourth-order valence-corrected chi connectivity index (χ4v) is 3.31. The van der Waals surface area contributed by atoms with Crippen molar-refractivity contribution < 1.29 is 13.2 Å². The minimum atomic E-state index is -1.01. The van der Waals surface area contributed by atoms with Crippen LogP contribution in [-0.2, 0) is 0 Å². The molecule has 1 aliphatic heterocycles. The molecular formula is C18H27F3N2. The van der Waals surface area contributed by atoms with Gasteiger partial charge in [-0.3, -0.25) is 0 Å². The molecule has 2 nitrogen and oxygen atoms in total. The minimum absolute atomic E-state index is 0.0646. The van der Waals surface area contributed by atoms with Gasteiger partial charge in [0.05, 0.1) is 11.6 Å². The lowest BCUT2D eigenvalue weighted by molar-refractivity contribution is 0.359. The Morgan fingerprint density at radius 3 is 2.65 bits per heavy atom. The molecule has 0 amide bonds. The number of hydrogen-bond donors (Lipinski definition) is 1. The van der Waals surface area contributed by atoms with Gasteiger partial charge in [-0.15, -0.1) is 0 Å². The fraction of sp³-hybridized carbons (Fsp3) is 0.667. The molecule has 1 aliphatic carbocycles. The lowest BCUT2D eigenvalue weighted by Gasteiger charge is -2.25. The third kappa shape index (κ3) is 4.19. The summed E-state index contributed by atoms with van der Waals surface area (Å²) in [4.78, 5) is 2.11. The first-order valence-corrected chi connectivity index (χ1v) is 8.37. The smallest absolute Gasteiger partial charge is 0.133 e. The first-order chi connectivity index (χ1) is 11.0. The molecule has 0 spiro atoms. The van der Waals surface area contributed by atoms with Crippen molar-refractivity contribution in [1.29, 1.82) is 0 Å². The molecule has 0 saturated carbocycles. The van der Waals surface area contributed by atoms with Gasteiger partial charge in [-0.1, -0.05) is 6.08 Å². The maximum Gasteiger partial charge on any atom is 0.133 e. The van der Waals surface area contributed by atoms with E-state index in [2.05, 4.69) is 10.2 Å². The van der Waals surface area contributed by atoms with Crippen LogP contribution in [0.3, 0.4) is 0 Å². The summed E-state index contributed by atoms with van der Waals surface area (Å²) in [5.74, 6) is -1.96. The molecule has 1 fully saturated rings. The summed E-state index contributed by atoms with van der Waals surface area (Å²) >= 11 is 0. The van der Waals surface area contributed by atoms with Gasteiger partial charge in [0.15, 0.2) is 0 Å². The Labute approximate surface area is 137 Å². The van der Waals surface area contributed by atoms with Crippen molar-refractivity contribution >= 4 is 0 Å². The number of fused-ring (bicyclic) bond motifs is 1. The molecule has 2 atom stereocenters. The van der Waals surface area contributed by atoms with Gasteiger partial charge in [-0.25, -0.2) is 13.2 Å². The second-order valence-corrected chi connectivity index (χ2v) is 6.75. The summed E-state index contributed by atoms with van der Waals surface area (Å²) in [5.41, 5.74) is 1.40. The Morgan fingerprint density at radius 1 is 1.26 bits per heavy atom. The highest BCUT2D eigenvalue weighted by molar-refractivity contribution is 5.40. The Bertz CT molecular complexity index is 520. The molecule has 2 aliphatic rings. The average molecular weight is 328 g/mol. The Hall–Kier alpha value is -1.23. The van der Waals surface area contributed by atoms with Crippen LogP contribution in [-0.4, -0.2) is 38.8 Å². The van der Waals surface area contributed by atoms with Crippen molar-refractivity contribution in [3.8, 4) is 0 Å². The predicted octanol–water partition coefficient (Wildman–Crippen LogP) is 4.28. The lowest BCUT2D eigenvalue weighted by Crippen LogP contribution is -2.22. The molecule has 0 radical (unpaired) electrons. The van der Waals surface area contributed by atoms with Crippen LogP contribution >= 0.6 is 0 Å². The number of nitrogens with zero attached hydrogens (tertiary/aromatic N) is 1. The third-order valence-electron chi connectivity index (χ3n) is 4.75. The number of alkyl halides is 1. The third-order valence-corrected chi connectivity index (χ3v) is 4.75. The van der Waals surface area contributed by atoms with E-state index in [-0.39, 0.29) is 17.9 Å². The van der Waals surface area contributed by atoms with E-state index in [1.165, 1.54) is 6.92 Å². The Kier molecular flexibility index (Phi) is 6.33. The molecule has 1 saturated heterocycles. The van der Waals surface area contributed by atoms with E-state index in [4.69, 9.17) is 0 Å². The molecule has 1 heterocycles. The first-order valence-electron chi connectivity index (χ1n) is 8.37. The zero-order chi connectivity index (χ0) is 17.0. The van der Waals surface area contributed by atoms with Crippen LogP contribution < -0.4 is 5.32 Å². The fourth-order valence-electron chi connectivity index (χ4n) is 3.31. The monoisotopic (exact) mass is 328 g/mol. The van der Waals surface area contributed by atoms with Crippen LogP contribution in [0.15, 0.2) is 34.6 Å². The number of rotatable bonds is 4. The zero-order valence-electron chi connectivity index (χ0n) is 14.3. The van der Waals surface area contributed by atoms with Gasteiger partial charge in [0.2, 0.25) is 0 Å². The molecule has 5 heteroatoms. The quantitative estimate of drug-likeness (QED) is 0.829. The lowest BCUT2D eigenvalue weighted by atomic mass is 9.85. The van der Waals surface area contributed by atoms with Gasteiger partial charge in [0.25, 0.3) is 0 Å². The first kappa shape index (κ1) is 18.1. The number of hydrogen-bond acceptors (Lipinski definition) is 2. The highest BCUT2D eigenvalue weighted by atomic mass is 19.1. The number of halogens is 3. The summed E-state index contributed by atoms with van der Waals surface area (Å²) in [6.07, 6.45) is 4.89. The second-order valence-electron chi connectivity index (χ2n) is 6.75. The topological polar surface area (TPSA) is 15.3 Å². The summed E-state index contributed by atoms with van der Waals surface area (Å²) in [6.45, 7) is 2.20. The molecule has 0 bridgehead atoms. The van der Waals surface area contributed by atoms with E-state index in [9.17, 15) is 13.2 Å². The highest BCUT2D eigenvalue weighted by Crippen LogP contribution is 2.38. The minimum Gasteiger partial charge on any atom is -0.383 e. The van der Waals surface area contributed by atoms with Crippen LogP contribution in [0.25, 0.3) is 0 Å². The second kappa shape index (κ2) is 8.04. The van der Waals surface area contributed by atoms with Crippen molar-refractivity contribution in [2.75, 3.05) is 33.9 Å². The standard InChI is InChI=1S/C18H27F3N2/c1-12-16(20)14(11-19)6-7-15-13(8-10-23(2)3)5-4-9-22-18(15)17(12)21/h7,12-13,22H,4-6,8-11H2,1-3H3/b15-7-,16-14-,18-17-. The average Bonchev–Trinajstić information content (AvgIpc) is 2.73. The van der Waals surface area contributed by atoms with Gasteiger partial charge in [0.1, 0.15) is 18.3 Å². The van der Waals surface area contributed by atoms with Crippen molar-refractivity contribution in [3.05, 3.63) is 34.6 Å². The van der Waals surface area contributed by atoms with Crippen LogP contribution in [0.1, 0.15) is 32.6 Å². The van der Waals surface area contributed by atoms with Gasteiger partial charge < -0.3 is 10.2 Å². The van der Waals surface area contributed by atoms with Crippen LogP contribution in [0.2, 0.25) is 0 Å². The van der Waals surface area contributed by atoms with Crippen molar-refractivity contribution in [3.63, 3.8) is 0 Å². The van der Waals surface area contributed by atoms with Crippen molar-refractivity contribution in [2.24, 2.45) is 11.8 Å².